The minimum atomic E-state index is -0.920. The fourth-order valence-corrected chi connectivity index (χ4v) is 4.64. The third-order valence-corrected chi connectivity index (χ3v) is 7.40. The van der Waals surface area contributed by atoms with Gasteiger partial charge in [-0.05, 0) is 66.9 Å². The van der Waals surface area contributed by atoms with Crippen LogP contribution in [0, 0.1) is 13.8 Å². The van der Waals surface area contributed by atoms with E-state index in [2.05, 4.69) is 15.9 Å². The Morgan fingerprint density at radius 2 is 1.71 bits per heavy atom. The second-order valence-corrected chi connectivity index (χ2v) is 9.39. The molecule has 1 unspecified atom stereocenters. The molecule has 0 aromatic heterocycles. The van der Waals surface area contributed by atoms with Gasteiger partial charge in [-0.15, -0.1) is 0 Å². The monoisotopic (exact) mass is 555 g/mol. The van der Waals surface area contributed by atoms with E-state index in [1.54, 1.807) is 61.5 Å². The van der Waals surface area contributed by atoms with Gasteiger partial charge in [0, 0.05) is 20.7 Å². The van der Waals surface area contributed by atoms with Gasteiger partial charge in [-0.3, -0.25) is 14.5 Å². The van der Waals surface area contributed by atoms with Crippen LogP contribution in [0.2, 0.25) is 5.02 Å². The lowest BCUT2D eigenvalue weighted by molar-refractivity contribution is -0.132. The number of ketones is 1. The maximum Gasteiger partial charge on any atom is 0.300 e. The van der Waals surface area contributed by atoms with Crippen LogP contribution in [0.3, 0.4) is 0 Å². The zero-order chi connectivity index (χ0) is 25.4. The quantitative estimate of drug-likeness (QED) is 0.225. The number of halogens is 2. The first kappa shape index (κ1) is 24.8. The van der Waals surface area contributed by atoms with Crippen LogP contribution in [0.1, 0.15) is 28.3 Å². The molecule has 1 heterocycles. The molecule has 1 N–H and O–H groups in total. The number of aliphatic hydroxyl groups excluding tert-OH is 1. The second-order valence-electron chi connectivity index (χ2n) is 8.13. The fraction of sp³-hybridized carbons (Fsp3) is 0.185. The molecule has 180 valence electrons. The lowest BCUT2D eigenvalue weighted by Gasteiger charge is -2.27. The van der Waals surface area contributed by atoms with E-state index in [1.807, 2.05) is 6.92 Å². The Bertz CT molecular complexity index is 1380. The van der Waals surface area contributed by atoms with E-state index in [9.17, 15) is 14.7 Å². The second kappa shape index (κ2) is 9.76. The SMILES string of the molecule is COc1ccc(C2/C(=C(\O)c3ccc(Br)c(C)c3)C(=O)C(=O)N2c2cccc(Cl)c2C)cc1OC. The maximum absolute atomic E-state index is 13.4. The largest absolute Gasteiger partial charge is 0.507 e. The van der Waals surface area contributed by atoms with Crippen molar-refractivity contribution in [3.05, 3.63) is 91.9 Å². The molecule has 1 atom stereocenters. The summed E-state index contributed by atoms with van der Waals surface area (Å²) in [4.78, 5) is 28.2. The van der Waals surface area contributed by atoms with Crippen molar-refractivity contribution >= 4 is 50.7 Å². The number of amides is 1. The molecule has 0 saturated carbocycles. The minimum absolute atomic E-state index is 0.0247. The molecule has 1 amide bonds. The van der Waals surface area contributed by atoms with Crippen LogP contribution in [0.5, 0.6) is 11.5 Å². The minimum Gasteiger partial charge on any atom is -0.507 e. The highest BCUT2D eigenvalue weighted by Crippen LogP contribution is 2.45. The number of carbonyl (C=O) groups excluding carboxylic acids is 2. The molecule has 3 aromatic carbocycles. The molecule has 0 spiro atoms. The molecular formula is C27H23BrClNO5. The van der Waals surface area contributed by atoms with Crippen molar-refractivity contribution in [3.8, 4) is 11.5 Å². The van der Waals surface area contributed by atoms with Crippen molar-refractivity contribution in [2.45, 2.75) is 19.9 Å². The summed E-state index contributed by atoms with van der Waals surface area (Å²) in [5.74, 6) is -0.887. The summed E-state index contributed by atoms with van der Waals surface area (Å²) in [5, 5.41) is 11.8. The number of benzene rings is 3. The van der Waals surface area contributed by atoms with Crippen molar-refractivity contribution in [2.24, 2.45) is 0 Å². The molecule has 0 bridgehead atoms. The van der Waals surface area contributed by atoms with Crippen molar-refractivity contribution in [3.63, 3.8) is 0 Å². The number of aryl methyl sites for hydroxylation is 1. The number of nitrogens with zero attached hydrogens (tertiary/aromatic N) is 1. The molecule has 8 heteroatoms. The van der Waals surface area contributed by atoms with Gasteiger partial charge in [-0.2, -0.15) is 0 Å². The molecular weight excluding hydrogens is 534 g/mol. The van der Waals surface area contributed by atoms with Crippen LogP contribution in [0.4, 0.5) is 5.69 Å². The van der Waals surface area contributed by atoms with Gasteiger partial charge in [0.15, 0.2) is 11.5 Å². The Kier molecular flexibility index (Phi) is 6.92. The average Bonchev–Trinajstić information content (AvgIpc) is 3.11. The van der Waals surface area contributed by atoms with E-state index in [1.165, 1.54) is 19.1 Å². The Morgan fingerprint density at radius 1 is 1.00 bits per heavy atom. The summed E-state index contributed by atoms with van der Waals surface area (Å²) in [6.45, 7) is 3.65. The summed E-state index contributed by atoms with van der Waals surface area (Å²) in [7, 11) is 3.03. The molecule has 1 aliphatic rings. The average molecular weight is 557 g/mol. The summed E-state index contributed by atoms with van der Waals surface area (Å²) >= 11 is 9.81. The van der Waals surface area contributed by atoms with E-state index >= 15 is 0 Å². The highest BCUT2D eigenvalue weighted by molar-refractivity contribution is 9.10. The van der Waals surface area contributed by atoms with E-state index in [0.717, 1.165) is 10.0 Å². The normalized spacial score (nSPS) is 17.1. The van der Waals surface area contributed by atoms with Crippen LogP contribution < -0.4 is 14.4 Å². The molecule has 6 nitrogen and oxygen atoms in total. The Hall–Kier alpha value is -3.29. The van der Waals surface area contributed by atoms with Gasteiger partial charge in [0.25, 0.3) is 11.7 Å². The number of ether oxygens (including phenoxy) is 2. The number of aliphatic hydroxyl groups is 1. The smallest absolute Gasteiger partial charge is 0.300 e. The van der Waals surface area contributed by atoms with Gasteiger partial charge in [0.05, 0.1) is 25.8 Å². The zero-order valence-electron chi connectivity index (χ0n) is 19.6. The number of hydrogen-bond donors (Lipinski definition) is 1. The third kappa shape index (κ3) is 4.30. The first-order chi connectivity index (χ1) is 16.7. The zero-order valence-corrected chi connectivity index (χ0v) is 21.9. The summed E-state index contributed by atoms with van der Waals surface area (Å²) < 4.78 is 11.7. The molecule has 1 saturated heterocycles. The lowest BCUT2D eigenvalue weighted by atomic mass is 9.94. The van der Waals surface area contributed by atoms with Crippen LogP contribution in [-0.4, -0.2) is 31.0 Å². The molecule has 35 heavy (non-hydrogen) atoms. The Balaban J connectivity index is 2.01. The molecule has 3 aromatic rings. The third-order valence-electron chi connectivity index (χ3n) is 6.10. The molecule has 1 fully saturated rings. The van der Waals surface area contributed by atoms with E-state index < -0.39 is 17.7 Å². The number of rotatable bonds is 5. The van der Waals surface area contributed by atoms with Gasteiger partial charge < -0.3 is 14.6 Å². The predicted octanol–water partition coefficient (Wildman–Crippen LogP) is 6.36. The Labute approximate surface area is 216 Å². The highest BCUT2D eigenvalue weighted by atomic mass is 79.9. The van der Waals surface area contributed by atoms with Crippen LogP contribution in [0.15, 0.2) is 64.6 Å². The number of anilines is 1. The van der Waals surface area contributed by atoms with Gasteiger partial charge >= 0.3 is 0 Å². The van der Waals surface area contributed by atoms with E-state index in [0.29, 0.717) is 38.9 Å². The number of hydrogen-bond acceptors (Lipinski definition) is 5. The van der Waals surface area contributed by atoms with Crippen molar-refractivity contribution in [2.75, 3.05) is 19.1 Å². The number of carbonyl (C=O) groups is 2. The topological polar surface area (TPSA) is 76.1 Å². The van der Waals surface area contributed by atoms with Gasteiger partial charge in [-0.1, -0.05) is 45.7 Å². The van der Waals surface area contributed by atoms with E-state index in [-0.39, 0.29) is 11.3 Å². The van der Waals surface area contributed by atoms with Crippen molar-refractivity contribution in [1.82, 2.24) is 0 Å². The number of methoxy groups -OCH3 is 2. The molecule has 0 radical (unpaired) electrons. The van der Waals surface area contributed by atoms with Crippen LogP contribution >= 0.6 is 27.5 Å². The summed E-state index contributed by atoms with van der Waals surface area (Å²) in [6, 6.07) is 14.6. The first-order valence-electron chi connectivity index (χ1n) is 10.7. The maximum atomic E-state index is 13.4. The highest BCUT2D eigenvalue weighted by Gasteiger charge is 2.47. The van der Waals surface area contributed by atoms with Gasteiger partial charge in [-0.25, -0.2) is 0 Å². The molecule has 0 aliphatic carbocycles. The van der Waals surface area contributed by atoms with Crippen LogP contribution in [-0.2, 0) is 9.59 Å². The summed E-state index contributed by atoms with van der Waals surface area (Å²) in [6.07, 6.45) is 0. The van der Waals surface area contributed by atoms with Crippen molar-refractivity contribution in [1.29, 1.82) is 0 Å². The fourth-order valence-electron chi connectivity index (χ4n) is 4.22. The van der Waals surface area contributed by atoms with E-state index in [4.69, 9.17) is 21.1 Å². The van der Waals surface area contributed by atoms with Crippen molar-refractivity contribution < 1.29 is 24.2 Å². The van der Waals surface area contributed by atoms with Gasteiger partial charge in [0.1, 0.15) is 5.76 Å². The molecule has 4 rings (SSSR count). The standard InChI is InChI=1S/C27H23BrClNO5/c1-14-12-17(8-10-18(14)28)25(31)23-24(16-9-11-21(34-3)22(13-16)35-4)30(27(33)26(23)32)20-7-5-6-19(29)15(20)2/h5-13,24,31H,1-4H3/b25-23+. The summed E-state index contributed by atoms with van der Waals surface area (Å²) in [5.41, 5.74) is 2.96. The first-order valence-corrected chi connectivity index (χ1v) is 11.9. The number of Topliss-reactive ketones (excluding diaryl/α,β-unsaturated/α-hetero) is 1. The van der Waals surface area contributed by atoms with Crippen LogP contribution in [0.25, 0.3) is 5.76 Å². The molecule has 1 aliphatic heterocycles. The Morgan fingerprint density at radius 3 is 2.37 bits per heavy atom. The van der Waals surface area contributed by atoms with Gasteiger partial charge in [0.2, 0.25) is 0 Å². The lowest BCUT2D eigenvalue weighted by Crippen LogP contribution is -2.30. The predicted molar refractivity (Wildman–Crippen MR) is 139 cm³/mol.